The normalized spacial score (nSPS) is 10.7. The van der Waals surface area contributed by atoms with Gasteiger partial charge in [-0.3, -0.25) is 9.78 Å². The van der Waals surface area contributed by atoms with Crippen LogP contribution in [0.15, 0.2) is 49.1 Å². The average molecular weight is 281 g/mol. The van der Waals surface area contributed by atoms with Gasteiger partial charge in [-0.15, -0.1) is 0 Å². The van der Waals surface area contributed by atoms with Gasteiger partial charge in [-0.05, 0) is 30.2 Å². The van der Waals surface area contributed by atoms with E-state index in [1.54, 1.807) is 53.4 Å². The van der Waals surface area contributed by atoms with Gasteiger partial charge in [-0.1, -0.05) is 0 Å². The molecule has 3 rings (SSSR count). The molecule has 0 fully saturated rings. The molecule has 106 valence electrons. The molecule has 0 saturated heterocycles. The van der Waals surface area contributed by atoms with Gasteiger partial charge in [0.05, 0.1) is 6.20 Å². The zero-order valence-corrected chi connectivity index (χ0v) is 11.7. The molecule has 0 aliphatic heterocycles. The lowest BCUT2D eigenvalue weighted by Crippen LogP contribution is -2.30. The van der Waals surface area contributed by atoms with Crippen LogP contribution in [-0.4, -0.2) is 44.0 Å². The number of carbonyl (C=O) groups excluding carboxylic acids is 1. The van der Waals surface area contributed by atoms with E-state index in [1.807, 2.05) is 12.1 Å². The van der Waals surface area contributed by atoms with Crippen molar-refractivity contribution in [1.82, 2.24) is 24.5 Å². The fourth-order valence-electron chi connectivity index (χ4n) is 2.14. The standard InChI is InChI=1S/C15H15N5O/c1-19(11-6-12-2-7-16-8-3-12)15(21)13-4-9-17-14-5-10-18-20(13)14/h2-5,7-10H,6,11H2,1H3. The number of likely N-dealkylation sites (N-methyl/N-ethyl adjacent to an activating group) is 1. The molecule has 3 aromatic heterocycles. The lowest BCUT2D eigenvalue weighted by molar-refractivity contribution is 0.0788. The van der Waals surface area contributed by atoms with Crippen molar-refractivity contribution in [2.24, 2.45) is 0 Å². The van der Waals surface area contributed by atoms with Gasteiger partial charge in [0, 0.05) is 38.2 Å². The predicted octanol–water partition coefficient (Wildman–Crippen LogP) is 1.44. The van der Waals surface area contributed by atoms with E-state index in [0.717, 1.165) is 12.0 Å². The first kappa shape index (κ1) is 13.2. The van der Waals surface area contributed by atoms with Crippen LogP contribution in [-0.2, 0) is 6.42 Å². The zero-order valence-electron chi connectivity index (χ0n) is 11.7. The van der Waals surface area contributed by atoms with Crippen molar-refractivity contribution in [3.63, 3.8) is 0 Å². The molecule has 0 aliphatic rings. The topological polar surface area (TPSA) is 63.4 Å². The molecular formula is C15H15N5O. The van der Waals surface area contributed by atoms with Crippen LogP contribution in [0.4, 0.5) is 0 Å². The molecule has 0 spiro atoms. The number of nitrogens with zero attached hydrogens (tertiary/aromatic N) is 5. The Labute approximate surface area is 122 Å². The minimum Gasteiger partial charge on any atom is -0.340 e. The van der Waals surface area contributed by atoms with Gasteiger partial charge in [0.1, 0.15) is 5.69 Å². The number of carbonyl (C=O) groups is 1. The summed E-state index contributed by atoms with van der Waals surface area (Å²) in [5.41, 5.74) is 2.34. The van der Waals surface area contributed by atoms with Gasteiger partial charge in [0.15, 0.2) is 5.65 Å². The number of pyridine rings is 1. The predicted molar refractivity (Wildman–Crippen MR) is 77.9 cm³/mol. The number of hydrogen-bond donors (Lipinski definition) is 0. The molecule has 0 unspecified atom stereocenters. The highest BCUT2D eigenvalue weighted by Gasteiger charge is 2.15. The fraction of sp³-hybridized carbons (Fsp3) is 0.200. The number of hydrogen-bond acceptors (Lipinski definition) is 4. The summed E-state index contributed by atoms with van der Waals surface area (Å²) in [6.45, 7) is 0.633. The van der Waals surface area contributed by atoms with E-state index >= 15 is 0 Å². The number of rotatable bonds is 4. The molecule has 3 heterocycles. The number of amides is 1. The van der Waals surface area contributed by atoms with E-state index in [2.05, 4.69) is 15.1 Å². The smallest absolute Gasteiger partial charge is 0.272 e. The van der Waals surface area contributed by atoms with Gasteiger partial charge < -0.3 is 4.90 Å². The molecule has 6 nitrogen and oxygen atoms in total. The maximum atomic E-state index is 12.5. The van der Waals surface area contributed by atoms with Crippen LogP contribution in [0.5, 0.6) is 0 Å². The third-order valence-corrected chi connectivity index (χ3v) is 3.34. The molecular weight excluding hydrogens is 266 g/mol. The Hall–Kier alpha value is -2.76. The first-order valence-corrected chi connectivity index (χ1v) is 6.69. The van der Waals surface area contributed by atoms with Crippen molar-refractivity contribution in [3.05, 3.63) is 60.3 Å². The highest BCUT2D eigenvalue weighted by Crippen LogP contribution is 2.07. The van der Waals surface area contributed by atoms with Crippen molar-refractivity contribution < 1.29 is 4.79 Å². The van der Waals surface area contributed by atoms with E-state index in [1.165, 1.54) is 0 Å². The highest BCUT2D eigenvalue weighted by atomic mass is 16.2. The van der Waals surface area contributed by atoms with E-state index < -0.39 is 0 Å². The van der Waals surface area contributed by atoms with Gasteiger partial charge in [0.2, 0.25) is 0 Å². The molecule has 0 aliphatic carbocycles. The minimum atomic E-state index is -0.0693. The summed E-state index contributed by atoms with van der Waals surface area (Å²) in [6, 6.07) is 7.37. The molecule has 3 aromatic rings. The maximum absolute atomic E-state index is 12.5. The van der Waals surface area contributed by atoms with Gasteiger partial charge in [-0.25, -0.2) is 9.50 Å². The number of aromatic nitrogens is 4. The molecule has 6 heteroatoms. The second-order valence-electron chi connectivity index (χ2n) is 4.76. The summed E-state index contributed by atoms with van der Waals surface area (Å²) in [4.78, 5) is 22.3. The van der Waals surface area contributed by atoms with Gasteiger partial charge in [0.25, 0.3) is 5.91 Å². The van der Waals surface area contributed by atoms with Crippen LogP contribution in [0.25, 0.3) is 5.65 Å². The molecule has 1 amide bonds. The maximum Gasteiger partial charge on any atom is 0.272 e. The Morgan fingerprint density at radius 1 is 1.14 bits per heavy atom. The highest BCUT2D eigenvalue weighted by molar-refractivity contribution is 5.92. The Morgan fingerprint density at radius 3 is 2.76 bits per heavy atom. The van der Waals surface area contributed by atoms with E-state index in [9.17, 15) is 4.79 Å². The van der Waals surface area contributed by atoms with Crippen molar-refractivity contribution >= 4 is 11.6 Å². The first-order valence-electron chi connectivity index (χ1n) is 6.69. The van der Waals surface area contributed by atoms with Crippen LogP contribution in [0.3, 0.4) is 0 Å². The Kier molecular flexibility index (Phi) is 3.59. The van der Waals surface area contributed by atoms with Crippen LogP contribution >= 0.6 is 0 Å². The van der Waals surface area contributed by atoms with E-state index in [4.69, 9.17) is 0 Å². The zero-order chi connectivity index (χ0) is 14.7. The Morgan fingerprint density at radius 2 is 1.95 bits per heavy atom. The van der Waals surface area contributed by atoms with Gasteiger partial charge >= 0.3 is 0 Å². The molecule has 0 bridgehead atoms. The van der Waals surface area contributed by atoms with Crippen molar-refractivity contribution in [1.29, 1.82) is 0 Å². The molecule has 0 radical (unpaired) electrons. The average Bonchev–Trinajstić information content (AvgIpc) is 3.01. The summed E-state index contributed by atoms with van der Waals surface area (Å²) in [5, 5.41) is 4.14. The Bertz CT molecular complexity index is 753. The first-order chi connectivity index (χ1) is 10.3. The quantitative estimate of drug-likeness (QED) is 0.726. The Balaban J connectivity index is 1.74. The third kappa shape index (κ3) is 2.74. The monoisotopic (exact) mass is 281 g/mol. The summed E-state index contributed by atoms with van der Waals surface area (Å²) in [7, 11) is 1.79. The van der Waals surface area contributed by atoms with E-state index in [0.29, 0.717) is 17.9 Å². The third-order valence-electron chi connectivity index (χ3n) is 3.34. The van der Waals surface area contributed by atoms with Crippen LogP contribution in [0, 0.1) is 0 Å². The molecule has 0 N–H and O–H groups in total. The molecule has 0 saturated carbocycles. The largest absolute Gasteiger partial charge is 0.340 e. The van der Waals surface area contributed by atoms with Crippen molar-refractivity contribution in [2.75, 3.05) is 13.6 Å². The van der Waals surface area contributed by atoms with Crippen molar-refractivity contribution in [3.8, 4) is 0 Å². The lowest BCUT2D eigenvalue weighted by atomic mass is 10.2. The summed E-state index contributed by atoms with van der Waals surface area (Å²) >= 11 is 0. The van der Waals surface area contributed by atoms with Gasteiger partial charge in [-0.2, -0.15) is 5.10 Å². The fourth-order valence-corrected chi connectivity index (χ4v) is 2.14. The van der Waals surface area contributed by atoms with Crippen LogP contribution in [0.1, 0.15) is 16.1 Å². The summed E-state index contributed by atoms with van der Waals surface area (Å²) in [5.74, 6) is -0.0693. The SMILES string of the molecule is CN(CCc1ccncc1)C(=O)c1ccnc2ccnn12. The summed E-state index contributed by atoms with van der Waals surface area (Å²) < 4.78 is 1.56. The second-order valence-corrected chi connectivity index (χ2v) is 4.76. The van der Waals surface area contributed by atoms with E-state index in [-0.39, 0.29) is 5.91 Å². The lowest BCUT2D eigenvalue weighted by Gasteiger charge is -2.17. The van der Waals surface area contributed by atoms with Crippen LogP contribution < -0.4 is 0 Å². The van der Waals surface area contributed by atoms with Crippen LogP contribution in [0.2, 0.25) is 0 Å². The van der Waals surface area contributed by atoms with Crippen molar-refractivity contribution in [2.45, 2.75) is 6.42 Å². The minimum absolute atomic E-state index is 0.0693. The second kappa shape index (κ2) is 5.70. The molecule has 0 atom stereocenters. The molecule has 21 heavy (non-hydrogen) atoms. The molecule has 0 aromatic carbocycles. The number of fused-ring (bicyclic) bond motifs is 1. The summed E-state index contributed by atoms with van der Waals surface area (Å²) in [6.07, 6.45) is 7.57.